The Morgan fingerprint density at radius 3 is 3.18 bits per heavy atom. The van der Waals surface area contributed by atoms with E-state index in [1.54, 1.807) is 0 Å². The van der Waals surface area contributed by atoms with Crippen molar-refractivity contribution in [3.63, 3.8) is 0 Å². The van der Waals surface area contributed by atoms with Crippen LogP contribution >= 0.6 is 0 Å². The SMILES string of the molecule is Cc1cc(CNC(=O)N2CCC[C@H](C)C2)on1. The Morgan fingerprint density at radius 1 is 1.71 bits per heavy atom. The lowest BCUT2D eigenvalue weighted by molar-refractivity contribution is 0.168. The first kappa shape index (κ1) is 12.0. The molecular formula is C12H19N3O2. The zero-order valence-corrected chi connectivity index (χ0v) is 10.4. The van der Waals surface area contributed by atoms with Crippen LogP contribution in [0.15, 0.2) is 10.6 Å². The predicted octanol–water partition coefficient (Wildman–Crippen LogP) is 1.92. The first-order valence-electron chi connectivity index (χ1n) is 6.10. The zero-order valence-electron chi connectivity index (χ0n) is 10.4. The lowest BCUT2D eigenvalue weighted by Gasteiger charge is -2.30. The standard InChI is InChI=1S/C12H19N3O2/c1-9-4-3-5-15(8-9)12(16)13-7-11-6-10(2)14-17-11/h6,9H,3-5,7-8H2,1-2H3,(H,13,16)/t9-/m0/s1. The molecule has 1 saturated heterocycles. The van der Waals surface area contributed by atoms with Gasteiger partial charge in [-0.05, 0) is 25.7 Å². The summed E-state index contributed by atoms with van der Waals surface area (Å²) in [6.45, 7) is 6.15. The Balaban J connectivity index is 1.80. The maximum atomic E-state index is 11.9. The number of amides is 2. The van der Waals surface area contributed by atoms with E-state index in [9.17, 15) is 4.79 Å². The molecule has 0 bridgehead atoms. The maximum Gasteiger partial charge on any atom is 0.317 e. The van der Waals surface area contributed by atoms with Crippen molar-refractivity contribution in [2.45, 2.75) is 33.2 Å². The van der Waals surface area contributed by atoms with Gasteiger partial charge in [0.05, 0.1) is 12.2 Å². The molecule has 94 valence electrons. The van der Waals surface area contributed by atoms with Gasteiger partial charge in [-0.15, -0.1) is 0 Å². The Labute approximate surface area is 101 Å². The Hall–Kier alpha value is -1.52. The number of aromatic nitrogens is 1. The summed E-state index contributed by atoms with van der Waals surface area (Å²) in [5, 5.41) is 6.64. The van der Waals surface area contributed by atoms with Gasteiger partial charge in [0.15, 0.2) is 5.76 Å². The first-order chi connectivity index (χ1) is 8.15. The summed E-state index contributed by atoms with van der Waals surface area (Å²) in [7, 11) is 0. The molecule has 0 aliphatic carbocycles. The molecule has 1 N–H and O–H groups in total. The number of nitrogens with one attached hydrogen (secondary N) is 1. The molecule has 0 unspecified atom stereocenters. The van der Waals surface area contributed by atoms with Crippen molar-refractivity contribution in [1.29, 1.82) is 0 Å². The van der Waals surface area contributed by atoms with E-state index in [2.05, 4.69) is 17.4 Å². The molecule has 1 aliphatic heterocycles. The Kier molecular flexibility index (Phi) is 3.66. The van der Waals surface area contributed by atoms with Crippen LogP contribution in [0, 0.1) is 12.8 Å². The second-order valence-electron chi connectivity index (χ2n) is 4.79. The largest absolute Gasteiger partial charge is 0.359 e. The van der Waals surface area contributed by atoms with E-state index in [1.807, 2.05) is 17.9 Å². The van der Waals surface area contributed by atoms with Crippen LogP contribution in [-0.2, 0) is 6.54 Å². The van der Waals surface area contributed by atoms with Gasteiger partial charge >= 0.3 is 6.03 Å². The van der Waals surface area contributed by atoms with Crippen molar-refractivity contribution in [3.8, 4) is 0 Å². The van der Waals surface area contributed by atoms with Gasteiger partial charge in [0.25, 0.3) is 0 Å². The molecule has 2 rings (SSSR count). The zero-order chi connectivity index (χ0) is 12.3. The van der Waals surface area contributed by atoms with E-state index in [0.717, 1.165) is 25.2 Å². The van der Waals surface area contributed by atoms with E-state index in [-0.39, 0.29) is 6.03 Å². The fourth-order valence-corrected chi connectivity index (χ4v) is 2.15. The van der Waals surface area contributed by atoms with Gasteiger partial charge in [0.1, 0.15) is 0 Å². The normalized spacial score (nSPS) is 20.4. The number of likely N-dealkylation sites (tertiary alicyclic amines) is 1. The van der Waals surface area contributed by atoms with Crippen LogP contribution in [0.4, 0.5) is 4.79 Å². The highest BCUT2D eigenvalue weighted by Crippen LogP contribution is 2.15. The molecule has 2 amide bonds. The van der Waals surface area contributed by atoms with Gasteiger partial charge in [-0.2, -0.15) is 0 Å². The number of nitrogens with zero attached hydrogens (tertiary/aromatic N) is 2. The molecule has 0 saturated carbocycles. The van der Waals surface area contributed by atoms with Crippen molar-refractivity contribution in [1.82, 2.24) is 15.4 Å². The molecule has 5 nitrogen and oxygen atoms in total. The van der Waals surface area contributed by atoms with Gasteiger partial charge in [-0.3, -0.25) is 0 Å². The third-order valence-electron chi connectivity index (χ3n) is 3.03. The van der Waals surface area contributed by atoms with Crippen molar-refractivity contribution >= 4 is 6.03 Å². The van der Waals surface area contributed by atoms with Crippen LogP contribution in [0.5, 0.6) is 0 Å². The van der Waals surface area contributed by atoms with Gasteiger partial charge in [-0.25, -0.2) is 4.79 Å². The topological polar surface area (TPSA) is 58.4 Å². The molecule has 0 radical (unpaired) electrons. The van der Waals surface area contributed by atoms with Crippen LogP contribution in [0.25, 0.3) is 0 Å². The third kappa shape index (κ3) is 3.22. The molecule has 17 heavy (non-hydrogen) atoms. The highest BCUT2D eigenvalue weighted by atomic mass is 16.5. The van der Waals surface area contributed by atoms with E-state index in [1.165, 1.54) is 6.42 Å². The molecule has 2 heterocycles. The first-order valence-corrected chi connectivity index (χ1v) is 6.10. The van der Waals surface area contributed by atoms with Gasteiger partial charge in [0, 0.05) is 19.2 Å². The number of urea groups is 1. The van der Waals surface area contributed by atoms with Gasteiger partial charge < -0.3 is 14.7 Å². The molecule has 0 aromatic carbocycles. The number of hydrogen-bond donors (Lipinski definition) is 1. The Morgan fingerprint density at radius 2 is 2.53 bits per heavy atom. The smallest absolute Gasteiger partial charge is 0.317 e. The fourth-order valence-electron chi connectivity index (χ4n) is 2.15. The number of carbonyl (C=O) groups is 1. The summed E-state index contributed by atoms with van der Waals surface area (Å²) in [6.07, 6.45) is 2.31. The summed E-state index contributed by atoms with van der Waals surface area (Å²) >= 11 is 0. The van der Waals surface area contributed by atoms with Crippen LogP contribution in [0.2, 0.25) is 0 Å². The lowest BCUT2D eigenvalue weighted by Crippen LogP contribution is -2.44. The number of piperidine rings is 1. The molecule has 5 heteroatoms. The summed E-state index contributed by atoms with van der Waals surface area (Å²) in [6, 6.07) is 1.82. The summed E-state index contributed by atoms with van der Waals surface area (Å²) in [5.74, 6) is 1.29. The van der Waals surface area contributed by atoms with E-state index >= 15 is 0 Å². The van der Waals surface area contributed by atoms with Crippen LogP contribution in [0.1, 0.15) is 31.2 Å². The molecule has 1 fully saturated rings. The molecule has 1 aliphatic rings. The number of hydrogen-bond acceptors (Lipinski definition) is 3. The van der Waals surface area contributed by atoms with Crippen molar-refractivity contribution in [2.24, 2.45) is 5.92 Å². The maximum absolute atomic E-state index is 11.9. The van der Waals surface area contributed by atoms with Crippen LogP contribution in [-0.4, -0.2) is 29.2 Å². The molecule has 1 atom stereocenters. The van der Waals surface area contributed by atoms with E-state index < -0.39 is 0 Å². The fraction of sp³-hybridized carbons (Fsp3) is 0.667. The molecule has 1 aromatic rings. The average molecular weight is 237 g/mol. The third-order valence-corrected chi connectivity index (χ3v) is 3.03. The van der Waals surface area contributed by atoms with Crippen molar-refractivity contribution < 1.29 is 9.32 Å². The highest BCUT2D eigenvalue weighted by Gasteiger charge is 2.20. The van der Waals surface area contributed by atoms with Crippen molar-refractivity contribution in [3.05, 3.63) is 17.5 Å². The minimum Gasteiger partial charge on any atom is -0.359 e. The quantitative estimate of drug-likeness (QED) is 0.855. The summed E-state index contributed by atoms with van der Waals surface area (Å²) in [5.41, 5.74) is 0.834. The molecular weight excluding hydrogens is 218 g/mol. The lowest BCUT2D eigenvalue weighted by atomic mass is 10.0. The number of aryl methyl sites for hydroxylation is 1. The monoisotopic (exact) mass is 237 g/mol. The van der Waals surface area contributed by atoms with Gasteiger partial charge in [0.2, 0.25) is 0 Å². The van der Waals surface area contributed by atoms with Crippen LogP contribution in [0.3, 0.4) is 0 Å². The molecule has 0 spiro atoms. The minimum atomic E-state index is -0.00870. The van der Waals surface area contributed by atoms with Crippen molar-refractivity contribution in [2.75, 3.05) is 13.1 Å². The summed E-state index contributed by atoms with van der Waals surface area (Å²) in [4.78, 5) is 13.7. The van der Waals surface area contributed by atoms with E-state index in [0.29, 0.717) is 18.2 Å². The van der Waals surface area contributed by atoms with Crippen LogP contribution < -0.4 is 5.32 Å². The second kappa shape index (κ2) is 5.21. The highest BCUT2D eigenvalue weighted by molar-refractivity contribution is 5.74. The summed E-state index contributed by atoms with van der Waals surface area (Å²) < 4.78 is 5.04. The number of rotatable bonds is 2. The Bertz CT molecular complexity index is 389. The number of carbonyl (C=O) groups excluding carboxylic acids is 1. The van der Waals surface area contributed by atoms with E-state index in [4.69, 9.17) is 4.52 Å². The molecule has 1 aromatic heterocycles. The predicted molar refractivity (Wildman–Crippen MR) is 63.4 cm³/mol. The second-order valence-corrected chi connectivity index (χ2v) is 4.79. The average Bonchev–Trinajstić information content (AvgIpc) is 2.72. The van der Waals surface area contributed by atoms with Gasteiger partial charge in [-0.1, -0.05) is 12.1 Å². The minimum absolute atomic E-state index is 0.00870.